The number of halogens is 2. The number of benzene rings is 2. The molecule has 3 rings (SSSR count). The van der Waals surface area contributed by atoms with Crippen molar-refractivity contribution in [3.8, 4) is 11.5 Å². The molecule has 3 nitrogen and oxygen atoms in total. The summed E-state index contributed by atoms with van der Waals surface area (Å²) in [6, 6.07) is 9.83. The average Bonchev–Trinajstić information content (AvgIpc) is 2.71. The Bertz CT molecular complexity index is 663. The maximum atomic E-state index is 14.0. The summed E-state index contributed by atoms with van der Waals surface area (Å²) in [4.78, 5) is 0. The zero-order valence-corrected chi connectivity index (χ0v) is 12.9. The second-order valence-corrected chi connectivity index (χ2v) is 5.82. The zero-order valence-electron chi connectivity index (χ0n) is 11.3. The summed E-state index contributed by atoms with van der Waals surface area (Å²) in [5.41, 5.74) is 7.43. The minimum absolute atomic E-state index is 0.330. The van der Waals surface area contributed by atoms with Crippen LogP contribution in [0.2, 0.25) is 0 Å². The molecular formula is C16H15BrFNO2. The summed E-state index contributed by atoms with van der Waals surface area (Å²) in [5.74, 6) is 1.04. The van der Waals surface area contributed by atoms with Crippen molar-refractivity contribution in [2.24, 2.45) is 5.73 Å². The first-order valence-electron chi connectivity index (χ1n) is 6.75. The normalized spacial score (nSPS) is 15.4. The highest BCUT2D eigenvalue weighted by Gasteiger charge is 2.17. The molecule has 2 aromatic rings. The minimum atomic E-state index is -0.546. The SMILES string of the molecule is NC(c1ccc2c(c1)OCCCO2)c1ccc(Br)cc1F. The van der Waals surface area contributed by atoms with Crippen molar-refractivity contribution in [1.82, 2.24) is 0 Å². The Hall–Kier alpha value is -1.59. The van der Waals surface area contributed by atoms with Crippen LogP contribution in [0.1, 0.15) is 23.6 Å². The van der Waals surface area contributed by atoms with Crippen molar-refractivity contribution in [3.05, 3.63) is 57.8 Å². The third kappa shape index (κ3) is 3.04. The predicted octanol–water partition coefficient (Wildman–Crippen LogP) is 3.80. The number of ether oxygens (including phenoxy) is 2. The van der Waals surface area contributed by atoms with Gasteiger partial charge in [-0.15, -0.1) is 0 Å². The molecular weight excluding hydrogens is 337 g/mol. The molecule has 0 radical (unpaired) electrons. The molecule has 110 valence electrons. The fraction of sp³-hybridized carbons (Fsp3) is 0.250. The molecule has 1 aliphatic heterocycles. The predicted molar refractivity (Wildman–Crippen MR) is 82.2 cm³/mol. The molecule has 2 N–H and O–H groups in total. The Morgan fingerprint density at radius 1 is 1.05 bits per heavy atom. The standard InChI is InChI=1S/C16H15BrFNO2/c17-11-3-4-12(13(18)9-11)16(19)10-2-5-14-15(8-10)21-7-1-6-20-14/h2-5,8-9,16H,1,6-7,19H2. The highest BCUT2D eigenvalue weighted by atomic mass is 79.9. The summed E-state index contributed by atoms with van der Waals surface area (Å²) in [6.45, 7) is 1.25. The molecule has 0 fully saturated rings. The highest BCUT2D eigenvalue weighted by Crippen LogP contribution is 2.34. The van der Waals surface area contributed by atoms with E-state index in [2.05, 4.69) is 15.9 Å². The van der Waals surface area contributed by atoms with E-state index in [0.29, 0.717) is 34.7 Å². The maximum absolute atomic E-state index is 14.0. The summed E-state index contributed by atoms with van der Waals surface area (Å²) in [6.07, 6.45) is 0.845. The number of rotatable bonds is 2. The average molecular weight is 352 g/mol. The second-order valence-electron chi connectivity index (χ2n) is 4.90. The van der Waals surface area contributed by atoms with E-state index in [4.69, 9.17) is 15.2 Å². The molecule has 1 unspecified atom stereocenters. The Labute approximate surface area is 131 Å². The van der Waals surface area contributed by atoms with Gasteiger partial charge in [0.25, 0.3) is 0 Å². The molecule has 21 heavy (non-hydrogen) atoms. The Morgan fingerprint density at radius 3 is 2.57 bits per heavy atom. The summed E-state index contributed by atoms with van der Waals surface area (Å²) in [7, 11) is 0. The van der Waals surface area contributed by atoms with Gasteiger partial charge >= 0.3 is 0 Å². The maximum Gasteiger partial charge on any atom is 0.161 e. The van der Waals surface area contributed by atoms with Crippen molar-refractivity contribution < 1.29 is 13.9 Å². The van der Waals surface area contributed by atoms with Gasteiger partial charge < -0.3 is 15.2 Å². The molecule has 0 saturated carbocycles. The number of fused-ring (bicyclic) bond motifs is 1. The molecule has 0 saturated heterocycles. The van der Waals surface area contributed by atoms with Gasteiger partial charge in [0.1, 0.15) is 5.82 Å². The zero-order chi connectivity index (χ0) is 14.8. The lowest BCUT2D eigenvalue weighted by Gasteiger charge is -2.16. The van der Waals surface area contributed by atoms with E-state index < -0.39 is 6.04 Å². The van der Waals surface area contributed by atoms with Crippen LogP contribution in [0.3, 0.4) is 0 Å². The van der Waals surface area contributed by atoms with Crippen LogP contribution in [-0.2, 0) is 0 Å². The first-order valence-corrected chi connectivity index (χ1v) is 7.54. The Kier molecular flexibility index (Phi) is 4.12. The van der Waals surface area contributed by atoms with E-state index in [-0.39, 0.29) is 5.82 Å². The summed E-state index contributed by atoms with van der Waals surface area (Å²) < 4.78 is 25.9. The van der Waals surface area contributed by atoms with E-state index in [1.165, 1.54) is 6.07 Å². The minimum Gasteiger partial charge on any atom is -0.490 e. The van der Waals surface area contributed by atoms with Gasteiger partial charge in [-0.25, -0.2) is 4.39 Å². The molecule has 0 bridgehead atoms. The van der Waals surface area contributed by atoms with E-state index in [1.807, 2.05) is 18.2 Å². The lowest BCUT2D eigenvalue weighted by molar-refractivity contribution is 0.297. The fourth-order valence-electron chi connectivity index (χ4n) is 2.31. The van der Waals surface area contributed by atoms with E-state index in [1.54, 1.807) is 12.1 Å². The van der Waals surface area contributed by atoms with Crippen LogP contribution in [0.25, 0.3) is 0 Å². The van der Waals surface area contributed by atoms with Gasteiger partial charge in [0.05, 0.1) is 19.3 Å². The van der Waals surface area contributed by atoms with E-state index in [9.17, 15) is 4.39 Å². The van der Waals surface area contributed by atoms with Gasteiger partial charge in [-0.2, -0.15) is 0 Å². The van der Waals surface area contributed by atoms with Crippen LogP contribution in [0, 0.1) is 5.82 Å². The van der Waals surface area contributed by atoms with Gasteiger partial charge in [-0.05, 0) is 29.8 Å². The molecule has 1 atom stereocenters. The van der Waals surface area contributed by atoms with Gasteiger partial charge in [0, 0.05) is 16.5 Å². The van der Waals surface area contributed by atoms with E-state index >= 15 is 0 Å². The van der Waals surface area contributed by atoms with Gasteiger partial charge in [-0.3, -0.25) is 0 Å². The van der Waals surface area contributed by atoms with Crippen molar-refractivity contribution in [2.75, 3.05) is 13.2 Å². The van der Waals surface area contributed by atoms with Crippen molar-refractivity contribution in [1.29, 1.82) is 0 Å². The van der Waals surface area contributed by atoms with Gasteiger partial charge in [-0.1, -0.05) is 28.1 Å². The largest absolute Gasteiger partial charge is 0.490 e. The quantitative estimate of drug-likeness (QED) is 0.894. The third-order valence-electron chi connectivity index (χ3n) is 3.43. The molecule has 1 aliphatic rings. The molecule has 1 heterocycles. The lowest BCUT2D eigenvalue weighted by Crippen LogP contribution is -2.13. The van der Waals surface area contributed by atoms with Crippen molar-refractivity contribution in [3.63, 3.8) is 0 Å². The topological polar surface area (TPSA) is 44.5 Å². The first-order chi connectivity index (χ1) is 10.1. The lowest BCUT2D eigenvalue weighted by atomic mass is 9.99. The van der Waals surface area contributed by atoms with Gasteiger partial charge in [0.2, 0.25) is 0 Å². The molecule has 0 spiro atoms. The smallest absolute Gasteiger partial charge is 0.161 e. The van der Waals surface area contributed by atoms with Crippen molar-refractivity contribution >= 4 is 15.9 Å². The van der Waals surface area contributed by atoms with Crippen LogP contribution >= 0.6 is 15.9 Å². The van der Waals surface area contributed by atoms with Crippen LogP contribution < -0.4 is 15.2 Å². The van der Waals surface area contributed by atoms with Crippen molar-refractivity contribution in [2.45, 2.75) is 12.5 Å². The van der Waals surface area contributed by atoms with Crippen LogP contribution in [0.15, 0.2) is 40.9 Å². The Morgan fingerprint density at radius 2 is 1.81 bits per heavy atom. The monoisotopic (exact) mass is 351 g/mol. The molecule has 0 aromatic heterocycles. The highest BCUT2D eigenvalue weighted by molar-refractivity contribution is 9.10. The first kappa shape index (κ1) is 14.4. The van der Waals surface area contributed by atoms with Crippen LogP contribution in [0.5, 0.6) is 11.5 Å². The Balaban J connectivity index is 1.94. The molecule has 5 heteroatoms. The van der Waals surface area contributed by atoms with Crippen LogP contribution in [0.4, 0.5) is 4.39 Å². The fourth-order valence-corrected chi connectivity index (χ4v) is 2.64. The summed E-state index contributed by atoms with van der Waals surface area (Å²) in [5, 5.41) is 0. The molecule has 0 amide bonds. The number of nitrogens with two attached hydrogens (primary N) is 1. The second kappa shape index (κ2) is 6.03. The van der Waals surface area contributed by atoms with Crippen LogP contribution in [-0.4, -0.2) is 13.2 Å². The molecule has 2 aromatic carbocycles. The number of hydrogen-bond acceptors (Lipinski definition) is 3. The molecule has 0 aliphatic carbocycles. The third-order valence-corrected chi connectivity index (χ3v) is 3.92. The van der Waals surface area contributed by atoms with E-state index in [0.717, 1.165) is 12.0 Å². The number of hydrogen-bond donors (Lipinski definition) is 1. The summed E-state index contributed by atoms with van der Waals surface area (Å²) >= 11 is 3.24. The van der Waals surface area contributed by atoms with Gasteiger partial charge in [0.15, 0.2) is 11.5 Å².